The van der Waals surface area contributed by atoms with Crippen LogP contribution in [0.4, 0.5) is 5.69 Å². The highest BCUT2D eigenvalue weighted by atomic mass is 16.1. The molecule has 1 heterocycles. The normalized spacial score (nSPS) is 19.5. The molecule has 0 fully saturated rings. The lowest BCUT2D eigenvalue weighted by Gasteiger charge is -2.37. The summed E-state index contributed by atoms with van der Waals surface area (Å²) in [5.41, 5.74) is 7.01. The van der Waals surface area contributed by atoms with Gasteiger partial charge < -0.3 is 10.3 Å². The Balaban J connectivity index is 1.66. The van der Waals surface area contributed by atoms with Gasteiger partial charge in [0.25, 0.3) is 0 Å². The first-order valence-electron chi connectivity index (χ1n) is 11.5. The SMILES string of the molecule is CC1=C(/C=C/C(C)=C/C=C/C(C)=C\C(=O)Nc2ccccc2)C(C)(C)CCC1c1cnc[nH]1. The van der Waals surface area contributed by atoms with Crippen LogP contribution in [0, 0.1) is 5.41 Å². The minimum Gasteiger partial charge on any atom is -0.348 e. The standard InChI is InChI=1S/C29H35N3O/c1-21(10-9-11-22(2)18-28(33)32-24-12-7-6-8-13-24)14-15-26-23(3)25(16-17-29(26,4)5)27-19-30-20-31-27/h6-15,18-20,25H,16-17H2,1-5H3,(H,30,31)(H,32,33)/b11-9+,15-14+,21-10+,22-18-. The van der Waals surface area contributed by atoms with Gasteiger partial charge >= 0.3 is 0 Å². The van der Waals surface area contributed by atoms with Crippen molar-refractivity contribution >= 4 is 11.6 Å². The summed E-state index contributed by atoms with van der Waals surface area (Å²) in [4.78, 5) is 19.6. The molecule has 2 aromatic rings. The Kier molecular flexibility index (Phi) is 8.05. The third-order valence-electron chi connectivity index (χ3n) is 6.26. The molecular weight excluding hydrogens is 406 g/mol. The topological polar surface area (TPSA) is 57.8 Å². The maximum atomic E-state index is 12.1. The maximum Gasteiger partial charge on any atom is 0.248 e. The third kappa shape index (κ3) is 6.79. The molecule has 0 saturated carbocycles. The Labute approximate surface area is 197 Å². The molecule has 0 saturated heterocycles. The van der Waals surface area contributed by atoms with Crippen molar-refractivity contribution < 1.29 is 4.79 Å². The van der Waals surface area contributed by atoms with Crippen LogP contribution in [0.2, 0.25) is 0 Å². The molecule has 3 rings (SSSR count). The molecule has 4 heteroatoms. The van der Waals surface area contributed by atoms with E-state index in [9.17, 15) is 4.79 Å². The Hall–Kier alpha value is -3.40. The predicted molar refractivity (Wildman–Crippen MR) is 138 cm³/mol. The zero-order valence-corrected chi connectivity index (χ0v) is 20.4. The molecule has 0 radical (unpaired) electrons. The van der Waals surface area contributed by atoms with E-state index < -0.39 is 0 Å². The van der Waals surface area contributed by atoms with E-state index in [1.165, 1.54) is 16.8 Å². The van der Waals surface area contributed by atoms with Gasteiger partial charge in [0.1, 0.15) is 0 Å². The molecule has 0 spiro atoms. The number of aromatic amines is 1. The van der Waals surface area contributed by atoms with Crippen LogP contribution in [0.5, 0.6) is 0 Å². The average Bonchev–Trinajstić information content (AvgIpc) is 3.28. The van der Waals surface area contributed by atoms with E-state index in [1.54, 1.807) is 12.4 Å². The van der Waals surface area contributed by atoms with Gasteiger partial charge in [-0.1, -0.05) is 73.6 Å². The smallest absolute Gasteiger partial charge is 0.248 e. The van der Waals surface area contributed by atoms with Gasteiger partial charge in [-0.3, -0.25) is 4.79 Å². The van der Waals surface area contributed by atoms with Crippen molar-refractivity contribution in [2.24, 2.45) is 5.41 Å². The van der Waals surface area contributed by atoms with Crippen LogP contribution < -0.4 is 5.32 Å². The number of H-pyrrole nitrogens is 1. The number of anilines is 1. The number of nitrogens with zero attached hydrogens (tertiary/aromatic N) is 1. The summed E-state index contributed by atoms with van der Waals surface area (Å²) in [6.45, 7) is 10.9. The van der Waals surface area contributed by atoms with E-state index >= 15 is 0 Å². The summed E-state index contributed by atoms with van der Waals surface area (Å²) in [6, 6.07) is 9.47. The quantitative estimate of drug-likeness (QED) is 0.350. The molecule has 0 bridgehead atoms. The van der Waals surface area contributed by atoms with Crippen LogP contribution in [-0.4, -0.2) is 15.9 Å². The van der Waals surface area contributed by atoms with Gasteiger partial charge in [0, 0.05) is 29.6 Å². The monoisotopic (exact) mass is 441 g/mol. The number of hydrogen-bond donors (Lipinski definition) is 2. The summed E-state index contributed by atoms with van der Waals surface area (Å²) in [7, 11) is 0. The largest absolute Gasteiger partial charge is 0.348 e. The van der Waals surface area contributed by atoms with Crippen molar-refractivity contribution in [3.8, 4) is 0 Å². The molecular formula is C29H35N3O. The summed E-state index contributed by atoms with van der Waals surface area (Å²) in [6.07, 6.45) is 18.1. The van der Waals surface area contributed by atoms with Crippen LogP contribution in [0.1, 0.15) is 59.1 Å². The van der Waals surface area contributed by atoms with Crippen molar-refractivity contribution in [2.75, 3.05) is 5.32 Å². The molecule has 172 valence electrons. The lowest BCUT2D eigenvalue weighted by atomic mass is 9.68. The Morgan fingerprint density at radius 2 is 1.91 bits per heavy atom. The second kappa shape index (κ2) is 11.0. The zero-order valence-electron chi connectivity index (χ0n) is 20.4. The molecule has 1 amide bonds. The average molecular weight is 442 g/mol. The first-order chi connectivity index (χ1) is 15.8. The van der Waals surface area contributed by atoms with Crippen LogP contribution in [0.25, 0.3) is 0 Å². The number of para-hydroxylation sites is 1. The molecule has 2 N–H and O–H groups in total. The fourth-order valence-corrected chi connectivity index (χ4v) is 4.36. The predicted octanol–water partition coefficient (Wildman–Crippen LogP) is 7.27. The van der Waals surface area contributed by atoms with Gasteiger partial charge in [-0.05, 0) is 62.3 Å². The molecule has 1 aliphatic rings. The van der Waals surface area contributed by atoms with Gasteiger partial charge in [0.2, 0.25) is 5.91 Å². The molecule has 4 nitrogen and oxygen atoms in total. The minimum absolute atomic E-state index is 0.127. The Morgan fingerprint density at radius 3 is 2.61 bits per heavy atom. The zero-order chi connectivity index (χ0) is 23.8. The summed E-state index contributed by atoms with van der Waals surface area (Å²) < 4.78 is 0. The van der Waals surface area contributed by atoms with E-state index in [0.29, 0.717) is 5.92 Å². The lowest BCUT2D eigenvalue weighted by molar-refractivity contribution is -0.111. The van der Waals surface area contributed by atoms with Crippen molar-refractivity contribution in [3.05, 3.63) is 107 Å². The number of carbonyl (C=O) groups excluding carboxylic acids is 1. The van der Waals surface area contributed by atoms with Gasteiger partial charge in [0.15, 0.2) is 0 Å². The van der Waals surface area contributed by atoms with Crippen LogP contribution in [-0.2, 0) is 4.79 Å². The number of hydrogen-bond acceptors (Lipinski definition) is 2. The van der Waals surface area contributed by atoms with Gasteiger partial charge in [0.05, 0.1) is 6.33 Å². The Bertz CT molecular complexity index is 1100. The van der Waals surface area contributed by atoms with E-state index in [4.69, 9.17) is 0 Å². The van der Waals surface area contributed by atoms with E-state index in [1.807, 2.05) is 55.6 Å². The van der Waals surface area contributed by atoms with Crippen molar-refractivity contribution in [2.45, 2.75) is 53.4 Å². The maximum absolute atomic E-state index is 12.1. The number of imidazole rings is 1. The van der Waals surface area contributed by atoms with E-state index in [0.717, 1.165) is 29.7 Å². The summed E-state index contributed by atoms with van der Waals surface area (Å²) in [5, 5.41) is 2.87. The van der Waals surface area contributed by atoms with Gasteiger partial charge in [-0.15, -0.1) is 0 Å². The molecule has 1 aromatic carbocycles. The van der Waals surface area contributed by atoms with Crippen LogP contribution >= 0.6 is 0 Å². The van der Waals surface area contributed by atoms with Gasteiger partial charge in [-0.25, -0.2) is 4.98 Å². The molecule has 1 aromatic heterocycles. The first kappa shape index (κ1) is 24.2. The van der Waals surface area contributed by atoms with Crippen molar-refractivity contribution in [1.82, 2.24) is 9.97 Å². The fourth-order valence-electron chi connectivity index (χ4n) is 4.36. The summed E-state index contributed by atoms with van der Waals surface area (Å²) >= 11 is 0. The highest BCUT2D eigenvalue weighted by molar-refractivity contribution is 5.99. The number of nitrogens with one attached hydrogen (secondary N) is 2. The number of benzene rings is 1. The number of aromatic nitrogens is 2. The number of amides is 1. The fraction of sp³-hybridized carbons (Fsp3) is 0.310. The highest BCUT2D eigenvalue weighted by Crippen LogP contribution is 2.46. The summed E-state index contributed by atoms with van der Waals surface area (Å²) in [5.74, 6) is 0.275. The molecule has 33 heavy (non-hydrogen) atoms. The molecule has 1 unspecified atom stereocenters. The second-order valence-electron chi connectivity index (χ2n) is 9.43. The first-order valence-corrected chi connectivity index (χ1v) is 11.5. The lowest BCUT2D eigenvalue weighted by Crippen LogP contribution is -2.23. The molecule has 0 aliphatic heterocycles. The van der Waals surface area contributed by atoms with Gasteiger partial charge in [-0.2, -0.15) is 0 Å². The van der Waals surface area contributed by atoms with Crippen molar-refractivity contribution in [3.63, 3.8) is 0 Å². The number of carbonyl (C=O) groups is 1. The molecule has 1 aliphatic carbocycles. The van der Waals surface area contributed by atoms with Crippen LogP contribution in [0.3, 0.4) is 0 Å². The third-order valence-corrected chi connectivity index (χ3v) is 6.26. The van der Waals surface area contributed by atoms with E-state index in [2.05, 4.69) is 61.2 Å². The number of allylic oxidation sites excluding steroid dienone is 9. The van der Waals surface area contributed by atoms with E-state index in [-0.39, 0.29) is 11.3 Å². The van der Waals surface area contributed by atoms with Crippen LogP contribution in [0.15, 0.2) is 102 Å². The van der Waals surface area contributed by atoms with Crippen molar-refractivity contribution in [1.29, 1.82) is 0 Å². The molecule has 1 atom stereocenters. The highest BCUT2D eigenvalue weighted by Gasteiger charge is 2.32. The number of rotatable bonds is 7. The Morgan fingerprint density at radius 1 is 1.15 bits per heavy atom. The minimum atomic E-state index is -0.127. The second-order valence-corrected chi connectivity index (χ2v) is 9.43.